The molecule has 0 fully saturated rings. The third-order valence-corrected chi connectivity index (χ3v) is 19.5. The summed E-state index contributed by atoms with van der Waals surface area (Å²) in [7, 11) is 0. The van der Waals surface area contributed by atoms with Crippen LogP contribution in [0.25, 0.3) is 0 Å². The van der Waals surface area contributed by atoms with E-state index in [1.165, 1.54) is 385 Å². The molecule has 6 heteroatoms. The standard InChI is InChI=1S/C83H161NO5/c1-3-5-7-9-11-13-15-17-19-21-23-24-33-36-40-43-47-51-55-59-63-67-71-75-81(86)80(79-85)84-82(87)76-72-68-64-60-56-52-48-44-41-37-34-31-29-27-25-26-28-30-32-35-38-42-46-50-54-58-62-66-70-74-78-89-83(88)77-73-69-65-61-57-53-49-45-39-22-20-18-16-14-12-10-8-6-4-2/h12,14,18,20,80-81,85-86H,3-11,13,15-17,19,21-79H2,1-2H3,(H,84,87)/b14-12-,20-18-. The molecule has 0 aromatic heterocycles. The van der Waals surface area contributed by atoms with Gasteiger partial charge in [-0.25, -0.2) is 0 Å². The highest BCUT2D eigenvalue weighted by Gasteiger charge is 2.20. The molecule has 0 aliphatic heterocycles. The van der Waals surface area contributed by atoms with Crippen LogP contribution in [0.3, 0.4) is 0 Å². The Morgan fingerprint density at radius 1 is 0.315 bits per heavy atom. The van der Waals surface area contributed by atoms with Crippen LogP contribution in [0.5, 0.6) is 0 Å². The Bertz CT molecular complexity index is 1400. The maximum Gasteiger partial charge on any atom is 0.305 e. The van der Waals surface area contributed by atoms with Crippen molar-refractivity contribution in [2.24, 2.45) is 0 Å². The number of ether oxygens (including phenoxy) is 1. The molecule has 0 bridgehead atoms. The average molecular weight is 1250 g/mol. The number of aliphatic hydroxyl groups is 2. The predicted molar refractivity (Wildman–Crippen MR) is 393 cm³/mol. The minimum absolute atomic E-state index is 0.0176. The van der Waals surface area contributed by atoms with E-state index in [9.17, 15) is 19.8 Å². The van der Waals surface area contributed by atoms with E-state index in [1.54, 1.807) is 0 Å². The van der Waals surface area contributed by atoms with Gasteiger partial charge in [-0.05, 0) is 57.8 Å². The number of hydrogen-bond acceptors (Lipinski definition) is 5. The fourth-order valence-electron chi connectivity index (χ4n) is 13.3. The van der Waals surface area contributed by atoms with E-state index >= 15 is 0 Å². The molecular weight excluding hydrogens is 1090 g/mol. The molecule has 0 saturated carbocycles. The maximum atomic E-state index is 12.6. The van der Waals surface area contributed by atoms with E-state index in [1.807, 2.05) is 0 Å². The number of unbranched alkanes of at least 4 members (excludes halogenated alkanes) is 63. The van der Waals surface area contributed by atoms with Crippen molar-refractivity contribution >= 4 is 11.9 Å². The van der Waals surface area contributed by atoms with Crippen LogP contribution in [0.15, 0.2) is 24.3 Å². The summed E-state index contributed by atoms with van der Waals surface area (Å²) >= 11 is 0. The average Bonchev–Trinajstić information content (AvgIpc) is 3.60. The molecule has 0 heterocycles. The van der Waals surface area contributed by atoms with Crippen LogP contribution in [-0.4, -0.2) is 47.4 Å². The predicted octanol–water partition coefficient (Wildman–Crippen LogP) is 27.2. The third kappa shape index (κ3) is 75.3. The summed E-state index contributed by atoms with van der Waals surface area (Å²) < 4.78 is 5.52. The second-order valence-electron chi connectivity index (χ2n) is 28.5. The first kappa shape index (κ1) is 87.3. The van der Waals surface area contributed by atoms with Crippen molar-refractivity contribution in [3.63, 3.8) is 0 Å². The second-order valence-corrected chi connectivity index (χ2v) is 28.5. The monoisotopic (exact) mass is 1250 g/mol. The summed E-state index contributed by atoms with van der Waals surface area (Å²) in [6.07, 6.45) is 101. The zero-order chi connectivity index (χ0) is 64.2. The molecule has 0 aromatic carbocycles. The minimum atomic E-state index is -0.663. The maximum absolute atomic E-state index is 12.6. The van der Waals surface area contributed by atoms with Crippen molar-refractivity contribution in [1.29, 1.82) is 0 Å². The summed E-state index contributed by atoms with van der Waals surface area (Å²) in [4.78, 5) is 24.7. The molecule has 2 atom stereocenters. The van der Waals surface area contributed by atoms with Crippen LogP contribution in [-0.2, 0) is 14.3 Å². The first-order valence-corrected chi connectivity index (χ1v) is 41.1. The van der Waals surface area contributed by atoms with Crippen molar-refractivity contribution in [2.45, 2.75) is 482 Å². The van der Waals surface area contributed by atoms with Crippen molar-refractivity contribution in [3.8, 4) is 0 Å². The molecule has 0 aliphatic carbocycles. The van der Waals surface area contributed by atoms with Crippen molar-refractivity contribution < 1.29 is 24.5 Å². The number of hydrogen-bond donors (Lipinski definition) is 3. The lowest BCUT2D eigenvalue weighted by atomic mass is 10.0. The number of carbonyl (C=O) groups excluding carboxylic acids is 2. The third-order valence-electron chi connectivity index (χ3n) is 19.5. The Balaban J connectivity index is 3.33. The molecule has 89 heavy (non-hydrogen) atoms. The lowest BCUT2D eigenvalue weighted by Crippen LogP contribution is -2.45. The van der Waals surface area contributed by atoms with Gasteiger partial charge in [0, 0.05) is 12.8 Å². The van der Waals surface area contributed by atoms with Gasteiger partial charge in [0.2, 0.25) is 5.91 Å². The Morgan fingerprint density at radius 3 is 0.876 bits per heavy atom. The number of amides is 1. The molecule has 0 rings (SSSR count). The van der Waals surface area contributed by atoms with Crippen LogP contribution in [0, 0.1) is 0 Å². The summed E-state index contributed by atoms with van der Waals surface area (Å²) in [5.41, 5.74) is 0. The topological polar surface area (TPSA) is 95.9 Å². The molecule has 0 aromatic rings. The van der Waals surface area contributed by atoms with Crippen LogP contribution < -0.4 is 5.32 Å². The summed E-state index contributed by atoms with van der Waals surface area (Å²) in [5, 5.41) is 23.5. The quantitative estimate of drug-likeness (QED) is 0.0320. The molecule has 0 aliphatic rings. The highest BCUT2D eigenvalue weighted by molar-refractivity contribution is 5.76. The molecule has 0 radical (unpaired) electrons. The number of allylic oxidation sites excluding steroid dienone is 4. The van der Waals surface area contributed by atoms with E-state index in [0.29, 0.717) is 25.9 Å². The molecular formula is C83H161NO5. The Kier molecular flexibility index (Phi) is 77.3. The van der Waals surface area contributed by atoms with Gasteiger partial charge >= 0.3 is 5.97 Å². The first-order chi connectivity index (χ1) is 44.0. The smallest absolute Gasteiger partial charge is 0.305 e. The first-order valence-electron chi connectivity index (χ1n) is 41.1. The number of esters is 1. The Hall–Kier alpha value is -1.66. The molecule has 6 nitrogen and oxygen atoms in total. The normalized spacial score (nSPS) is 12.5. The largest absolute Gasteiger partial charge is 0.466 e. The van der Waals surface area contributed by atoms with Crippen LogP contribution in [0.4, 0.5) is 0 Å². The number of carbonyl (C=O) groups is 2. The van der Waals surface area contributed by atoms with Gasteiger partial charge < -0.3 is 20.3 Å². The van der Waals surface area contributed by atoms with Gasteiger partial charge in [0.05, 0.1) is 25.4 Å². The van der Waals surface area contributed by atoms with E-state index in [0.717, 1.165) is 51.4 Å². The summed E-state index contributed by atoms with van der Waals surface area (Å²) in [5.74, 6) is -0.00761. The zero-order valence-corrected chi connectivity index (χ0v) is 60.7. The molecule has 0 spiro atoms. The lowest BCUT2D eigenvalue weighted by Gasteiger charge is -2.22. The van der Waals surface area contributed by atoms with Gasteiger partial charge in [-0.2, -0.15) is 0 Å². The van der Waals surface area contributed by atoms with Crippen LogP contribution in [0.2, 0.25) is 0 Å². The van der Waals surface area contributed by atoms with Gasteiger partial charge in [0.25, 0.3) is 0 Å². The van der Waals surface area contributed by atoms with Gasteiger partial charge in [0.15, 0.2) is 0 Å². The molecule has 2 unspecified atom stereocenters. The Labute approximate surface area is 558 Å². The SMILES string of the molecule is CCCCC/C=C\C/C=C\CCCCCCCCCCCC(=O)OCCCCCCCCCCCCCCCCCCCCCCCCCCCCCCCCC(=O)NC(CO)C(O)CCCCCCCCCCCCCCCCCCCCCCCCC. The minimum Gasteiger partial charge on any atom is -0.466 e. The van der Waals surface area contributed by atoms with Gasteiger partial charge in [-0.1, -0.05) is 423 Å². The number of aliphatic hydroxyl groups excluding tert-OH is 2. The highest BCUT2D eigenvalue weighted by atomic mass is 16.5. The van der Waals surface area contributed by atoms with Crippen LogP contribution in [0.1, 0.15) is 470 Å². The number of nitrogens with one attached hydrogen (secondary N) is 1. The fourth-order valence-corrected chi connectivity index (χ4v) is 13.3. The molecule has 1 amide bonds. The highest BCUT2D eigenvalue weighted by Crippen LogP contribution is 2.21. The van der Waals surface area contributed by atoms with Gasteiger partial charge in [-0.3, -0.25) is 9.59 Å². The van der Waals surface area contributed by atoms with E-state index < -0.39 is 12.1 Å². The molecule has 3 N–H and O–H groups in total. The summed E-state index contributed by atoms with van der Waals surface area (Å²) in [6.45, 7) is 4.99. The van der Waals surface area contributed by atoms with Gasteiger partial charge in [0.1, 0.15) is 0 Å². The zero-order valence-electron chi connectivity index (χ0n) is 60.7. The number of rotatable bonds is 78. The molecule has 528 valence electrons. The molecule has 0 saturated heterocycles. The van der Waals surface area contributed by atoms with Crippen molar-refractivity contribution in [1.82, 2.24) is 5.32 Å². The van der Waals surface area contributed by atoms with Crippen molar-refractivity contribution in [3.05, 3.63) is 24.3 Å². The second kappa shape index (κ2) is 78.8. The van der Waals surface area contributed by atoms with E-state index in [2.05, 4.69) is 43.5 Å². The van der Waals surface area contributed by atoms with Gasteiger partial charge in [-0.15, -0.1) is 0 Å². The fraction of sp³-hybridized carbons (Fsp3) is 0.928. The van der Waals surface area contributed by atoms with E-state index in [4.69, 9.17) is 4.74 Å². The van der Waals surface area contributed by atoms with E-state index in [-0.39, 0.29) is 18.5 Å². The van der Waals surface area contributed by atoms with Crippen molar-refractivity contribution in [2.75, 3.05) is 13.2 Å². The Morgan fingerprint density at radius 2 is 0.562 bits per heavy atom. The summed E-state index contributed by atoms with van der Waals surface area (Å²) in [6, 6.07) is -0.540. The van der Waals surface area contributed by atoms with Crippen LogP contribution >= 0.6 is 0 Å². The lowest BCUT2D eigenvalue weighted by molar-refractivity contribution is -0.143.